The topological polar surface area (TPSA) is 4.93 Å². The van der Waals surface area contributed by atoms with Gasteiger partial charge in [0, 0.05) is 10.8 Å². The zero-order valence-corrected chi connectivity index (χ0v) is 17.9. The van der Waals surface area contributed by atoms with Gasteiger partial charge < -0.3 is 4.57 Å². The summed E-state index contributed by atoms with van der Waals surface area (Å²) in [5.74, 6) is -0.221. The third-order valence-corrected chi connectivity index (χ3v) is 6.90. The molecule has 1 aliphatic carbocycles. The van der Waals surface area contributed by atoms with Crippen LogP contribution in [0.15, 0.2) is 109 Å². The molecule has 1 heterocycles. The summed E-state index contributed by atoms with van der Waals surface area (Å²) in [6, 6.07) is 37.2. The predicted octanol–water partition coefficient (Wildman–Crippen LogP) is 8.16. The lowest BCUT2D eigenvalue weighted by Crippen LogP contribution is -1.96. The largest absolute Gasteiger partial charge is 0.306 e. The highest BCUT2D eigenvalue weighted by molar-refractivity contribution is 6.10. The van der Waals surface area contributed by atoms with Crippen molar-refractivity contribution < 1.29 is 4.39 Å². The van der Waals surface area contributed by atoms with E-state index in [0.717, 1.165) is 28.2 Å². The van der Waals surface area contributed by atoms with Crippen LogP contribution in [0.4, 0.5) is 4.39 Å². The highest BCUT2D eigenvalue weighted by Gasteiger charge is 2.19. The number of hydrogen-bond donors (Lipinski definition) is 0. The van der Waals surface area contributed by atoms with Crippen LogP contribution in [0.25, 0.3) is 49.7 Å². The standard InChI is InChI=1S/C31H20FN/c32-28-10-4-6-12-31(28)33-29-11-5-3-9-25(29)27-19-21(15-16-30(27)33)20-13-14-23-17-22-7-1-2-8-24(22)26(23)18-20/h1-16,18-19H,17H2. The second kappa shape index (κ2) is 6.91. The van der Waals surface area contributed by atoms with Crippen molar-refractivity contribution >= 4 is 21.8 Å². The Hall–Kier alpha value is -4.17. The van der Waals surface area contributed by atoms with Crippen molar-refractivity contribution in [3.63, 3.8) is 0 Å². The van der Waals surface area contributed by atoms with Gasteiger partial charge in [-0.1, -0.05) is 72.8 Å². The van der Waals surface area contributed by atoms with Crippen LogP contribution < -0.4 is 0 Å². The van der Waals surface area contributed by atoms with Crippen molar-refractivity contribution in [1.82, 2.24) is 4.57 Å². The molecule has 33 heavy (non-hydrogen) atoms. The van der Waals surface area contributed by atoms with Crippen LogP contribution in [0.3, 0.4) is 0 Å². The molecule has 0 saturated heterocycles. The fraction of sp³-hybridized carbons (Fsp3) is 0.0323. The summed E-state index contributed by atoms with van der Waals surface area (Å²) in [6.45, 7) is 0. The average Bonchev–Trinajstić information content (AvgIpc) is 3.39. The van der Waals surface area contributed by atoms with Gasteiger partial charge in [0.1, 0.15) is 5.82 Å². The molecule has 156 valence electrons. The third-order valence-electron chi connectivity index (χ3n) is 6.90. The number of benzene rings is 5. The van der Waals surface area contributed by atoms with E-state index in [1.807, 2.05) is 28.8 Å². The number of rotatable bonds is 2. The lowest BCUT2D eigenvalue weighted by molar-refractivity contribution is 0.621. The Bertz CT molecular complexity index is 1710. The molecular weight excluding hydrogens is 405 g/mol. The van der Waals surface area contributed by atoms with Crippen molar-refractivity contribution in [2.45, 2.75) is 6.42 Å². The van der Waals surface area contributed by atoms with Gasteiger partial charge in [0.25, 0.3) is 0 Å². The monoisotopic (exact) mass is 425 g/mol. The molecule has 0 bridgehead atoms. The quantitative estimate of drug-likeness (QED) is 0.263. The van der Waals surface area contributed by atoms with Gasteiger partial charge in [-0.15, -0.1) is 0 Å². The van der Waals surface area contributed by atoms with Crippen LogP contribution in [-0.2, 0) is 6.42 Å². The number of fused-ring (bicyclic) bond motifs is 6. The molecule has 1 aromatic heterocycles. The van der Waals surface area contributed by atoms with E-state index in [0.29, 0.717) is 5.69 Å². The van der Waals surface area contributed by atoms with Crippen LogP contribution in [0.1, 0.15) is 11.1 Å². The van der Waals surface area contributed by atoms with E-state index in [2.05, 4.69) is 72.8 Å². The normalized spacial score (nSPS) is 12.3. The molecule has 1 aliphatic rings. The molecule has 0 amide bonds. The van der Waals surface area contributed by atoms with Crippen LogP contribution in [0, 0.1) is 5.82 Å². The maximum absolute atomic E-state index is 14.8. The molecule has 5 aromatic carbocycles. The maximum atomic E-state index is 14.8. The molecule has 1 nitrogen and oxygen atoms in total. The SMILES string of the molecule is Fc1ccccc1-n1c2ccccc2c2cc(-c3ccc4c(c3)-c3ccccc3C4)ccc21. The van der Waals surface area contributed by atoms with Gasteiger partial charge >= 0.3 is 0 Å². The van der Waals surface area contributed by atoms with Gasteiger partial charge in [0.05, 0.1) is 16.7 Å². The van der Waals surface area contributed by atoms with Gasteiger partial charge in [-0.05, 0) is 76.2 Å². The van der Waals surface area contributed by atoms with Crippen LogP contribution in [0.2, 0.25) is 0 Å². The smallest absolute Gasteiger partial charge is 0.147 e. The number of hydrogen-bond acceptors (Lipinski definition) is 0. The molecule has 0 fully saturated rings. The lowest BCUT2D eigenvalue weighted by Gasteiger charge is -2.10. The van der Waals surface area contributed by atoms with Gasteiger partial charge in [0.2, 0.25) is 0 Å². The number of para-hydroxylation sites is 2. The Labute approximate surface area is 191 Å². The van der Waals surface area contributed by atoms with Crippen molar-refractivity contribution in [1.29, 1.82) is 0 Å². The number of halogens is 1. The van der Waals surface area contributed by atoms with Gasteiger partial charge in [-0.2, -0.15) is 0 Å². The fourth-order valence-electron chi connectivity index (χ4n) is 5.35. The van der Waals surface area contributed by atoms with Crippen molar-refractivity contribution in [3.05, 3.63) is 126 Å². The summed E-state index contributed by atoms with van der Waals surface area (Å²) in [5.41, 5.74) is 10.4. The second-order valence-electron chi connectivity index (χ2n) is 8.74. The van der Waals surface area contributed by atoms with Crippen molar-refractivity contribution in [3.8, 4) is 27.9 Å². The molecular formula is C31H20FN. The maximum Gasteiger partial charge on any atom is 0.147 e. The van der Waals surface area contributed by atoms with E-state index in [4.69, 9.17) is 0 Å². The second-order valence-corrected chi connectivity index (χ2v) is 8.74. The summed E-state index contributed by atoms with van der Waals surface area (Å²) < 4.78 is 16.8. The van der Waals surface area contributed by atoms with Gasteiger partial charge in [-0.3, -0.25) is 0 Å². The van der Waals surface area contributed by atoms with Crippen LogP contribution >= 0.6 is 0 Å². The minimum Gasteiger partial charge on any atom is -0.306 e. The van der Waals surface area contributed by atoms with Gasteiger partial charge in [-0.25, -0.2) is 4.39 Å². The molecule has 0 saturated carbocycles. The highest BCUT2D eigenvalue weighted by atomic mass is 19.1. The molecule has 2 heteroatoms. The zero-order valence-electron chi connectivity index (χ0n) is 17.9. The van der Waals surface area contributed by atoms with E-state index in [1.165, 1.54) is 39.4 Å². The highest BCUT2D eigenvalue weighted by Crippen LogP contribution is 2.40. The number of nitrogens with zero attached hydrogens (tertiary/aromatic N) is 1. The first-order valence-corrected chi connectivity index (χ1v) is 11.3. The molecule has 0 aliphatic heterocycles. The van der Waals surface area contributed by atoms with E-state index < -0.39 is 0 Å². The minimum absolute atomic E-state index is 0.221. The molecule has 0 radical (unpaired) electrons. The molecule has 0 spiro atoms. The fourth-order valence-corrected chi connectivity index (χ4v) is 5.35. The predicted molar refractivity (Wildman–Crippen MR) is 134 cm³/mol. The lowest BCUT2D eigenvalue weighted by atomic mass is 9.97. The van der Waals surface area contributed by atoms with Gasteiger partial charge in [0.15, 0.2) is 0 Å². The first-order valence-electron chi connectivity index (χ1n) is 11.3. The third kappa shape index (κ3) is 2.71. The Kier molecular flexibility index (Phi) is 3.86. The Morgan fingerprint density at radius 2 is 1.24 bits per heavy atom. The van der Waals surface area contributed by atoms with E-state index in [9.17, 15) is 4.39 Å². The molecule has 0 unspecified atom stereocenters. The van der Waals surface area contributed by atoms with Crippen molar-refractivity contribution in [2.75, 3.05) is 0 Å². The van der Waals surface area contributed by atoms with E-state index in [1.54, 1.807) is 6.07 Å². The summed E-state index contributed by atoms with van der Waals surface area (Å²) in [6.07, 6.45) is 1.00. The summed E-state index contributed by atoms with van der Waals surface area (Å²) in [5, 5.41) is 2.26. The first-order chi connectivity index (χ1) is 16.3. The summed E-state index contributed by atoms with van der Waals surface area (Å²) in [4.78, 5) is 0. The first kappa shape index (κ1) is 18.4. The molecule has 7 rings (SSSR count). The van der Waals surface area contributed by atoms with Crippen LogP contribution in [-0.4, -0.2) is 4.57 Å². The molecule has 6 aromatic rings. The Balaban J connectivity index is 1.45. The van der Waals surface area contributed by atoms with Crippen molar-refractivity contribution in [2.24, 2.45) is 0 Å². The average molecular weight is 426 g/mol. The molecule has 0 N–H and O–H groups in total. The molecule has 0 atom stereocenters. The number of aromatic nitrogens is 1. The Morgan fingerprint density at radius 3 is 2.18 bits per heavy atom. The minimum atomic E-state index is -0.221. The van der Waals surface area contributed by atoms with E-state index in [-0.39, 0.29) is 5.82 Å². The summed E-state index contributed by atoms with van der Waals surface area (Å²) in [7, 11) is 0. The van der Waals surface area contributed by atoms with E-state index >= 15 is 0 Å². The Morgan fingerprint density at radius 1 is 0.545 bits per heavy atom. The van der Waals surface area contributed by atoms with Crippen LogP contribution in [0.5, 0.6) is 0 Å². The zero-order chi connectivity index (χ0) is 21.9. The summed E-state index contributed by atoms with van der Waals surface area (Å²) >= 11 is 0.